The van der Waals surface area contributed by atoms with Crippen LogP contribution in [0.25, 0.3) is 22.4 Å². The summed E-state index contributed by atoms with van der Waals surface area (Å²) >= 11 is 9.74. The molecule has 1 N–H and O–H groups in total. The van der Waals surface area contributed by atoms with Gasteiger partial charge in [-0.3, -0.25) is 0 Å². The minimum absolute atomic E-state index is 0.678. The Bertz CT molecular complexity index is 749. The highest BCUT2D eigenvalue weighted by atomic mass is 79.9. The van der Waals surface area contributed by atoms with Gasteiger partial charge < -0.3 is 4.98 Å². The molecule has 0 amide bonds. The lowest BCUT2D eigenvalue weighted by atomic mass is 10.1. The standard InChI is InChI=1S/C15H12BrClN2/c1-2-9-6-7-12-13(8-9)19-15(18-12)10-4-3-5-11(16)14(10)17/h3-8H,2H2,1H3,(H,18,19). The highest BCUT2D eigenvalue weighted by Crippen LogP contribution is 2.33. The van der Waals surface area contributed by atoms with Crippen LogP contribution in [-0.2, 0) is 6.42 Å². The molecule has 0 fully saturated rings. The third-order valence-electron chi connectivity index (χ3n) is 3.16. The van der Waals surface area contributed by atoms with Gasteiger partial charge in [-0.15, -0.1) is 0 Å². The molecule has 0 spiro atoms. The Morgan fingerprint density at radius 3 is 2.89 bits per heavy atom. The van der Waals surface area contributed by atoms with Crippen molar-refractivity contribution >= 4 is 38.6 Å². The molecule has 0 saturated heterocycles. The third-order valence-corrected chi connectivity index (χ3v) is 4.46. The molecule has 19 heavy (non-hydrogen) atoms. The molecule has 0 radical (unpaired) electrons. The molecule has 4 heteroatoms. The Hall–Kier alpha value is -1.32. The monoisotopic (exact) mass is 334 g/mol. The fourth-order valence-corrected chi connectivity index (χ4v) is 2.67. The van der Waals surface area contributed by atoms with E-state index in [9.17, 15) is 0 Å². The minimum atomic E-state index is 0.678. The van der Waals surface area contributed by atoms with Crippen LogP contribution in [0.4, 0.5) is 0 Å². The molecule has 0 aliphatic heterocycles. The van der Waals surface area contributed by atoms with Crippen molar-refractivity contribution in [2.45, 2.75) is 13.3 Å². The van der Waals surface area contributed by atoms with Gasteiger partial charge in [0.05, 0.1) is 16.1 Å². The predicted octanol–water partition coefficient (Wildman–Crippen LogP) is 5.21. The molecular formula is C15H12BrClN2. The van der Waals surface area contributed by atoms with Crippen molar-refractivity contribution in [2.75, 3.05) is 0 Å². The molecule has 0 aliphatic rings. The molecule has 96 valence electrons. The van der Waals surface area contributed by atoms with Gasteiger partial charge in [0.2, 0.25) is 0 Å². The summed E-state index contributed by atoms with van der Waals surface area (Å²) in [7, 11) is 0. The van der Waals surface area contributed by atoms with Gasteiger partial charge in [0.15, 0.2) is 0 Å². The second-order valence-electron chi connectivity index (χ2n) is 4.39. The van der Waals surface area contributed by atoms with Crippen LogP contribution in [0.3, 0.4) is 0 Å². The maximum absolute atomic E-state index is 6.31. The molecule has 0 bridgehead atoms. The van der Waals surface area contributed by atoms with E-state index in [0.29, 0.717) is 5.02 Å². The molecule has 1 heterocycles. The average molecular weight is 336 g/mol. The molecule has 0 aliphatic carbocycles. The zero-order valence-corrected chi connectivity index (χ0v) is 12.7. The SMILES string of the molecule is CCc1ccc2nc(-c3cccc(Br)c3Cl)[nH]c2c1. The smallest absolute Gasteiger partial charge is 0.140 e. The molecule has 3 aromatic rings. The van der Waals surface area contributed by atoms with Crippen LogP contribution >= 0.6 is 27.5 Å². The van der Waals surface area contributed by atoms with Gasteiger partial charge in [0.25, 0.3) is 0 Å². The average Bonchev–Trinajstić information content (AvgIpc) is 2.84. The topological polar surface area (TPSA) is 28.7 Å². The molecular weight excluding hydrogens is 324 g/mol. The molecule has 0 atom stereocenters. The number of nitrogens with one attached hydrogen (secondary N) is 1. The van der Waals surface area contributed by atoms with Crippen molar-refractivity contribution < 1.29 is 0 Å². The van der Waals surface area contributed by atoms with Crippen molar-refractivity contribution in [3.63, 3.8) is 0 Å². The Balaban J connectivity index is 2.18. The van der Waals surface area contributed by atoms with Crippen molar-refractivity contribution in [3.8, 4) is 11.4 Å². The van der Waals surface area contributed by atoms with Crippen LogP contribution in [0.15, 0.2) is 40.9 Å². The summed E-state index contributed by atoms with van der Waals surface area (Å²) in [4.78, 5) is 7.94. The number of aromatic amines is 1. The quantitative estimate of drug-likeness (QED) is 0.684. The zero-order valence-electron chi connectivity index (χ0n) is 10.4. The maximum atomic E-state index is 6.31. The molecule has 2 nitrogen and oxygen atoms in total. The highest BCUT2D eigenvalue weighted by molar-refractivity contribution is 9.10. The number of aromatic nitrogens is 2. The summed E-state index contributed by atoms with van der Waals surface area (Å²) in [6.07, 6.45) is 1.02. The lowest BCUT2D eigenvalue weighted by Gasteiger charge is -2.01. The van der Waals surface area contributed by atoms with E-state index in [1.54, 1.807) is 0 Å². The van der Waals surface area contributed by atoms with E-state index in [4.69, 9.17) is 11.6 Å². The van der Waals surface area contributed by atoms with E-state index in [0.717, 1.165) is 33.3 Å². The van der Waals surface area contributed by atoms with Gasteiger partial charge in [0.1, 0.15) is 5.82 Å². The van der Waals surface area contributed by atoms with Crippen LogP contribution < -0.4 is 0 Å². The number of H-pyrrole nitrogens is 1. The first kappa shape index (κ1) is 12.7. The number of aryl methyl sites for hydroxylation is 1. The molecule has 2 aromatic carbocycles. The summed E-state index contributed by atoms with van der Waals surface area (Å²) in [5.74, 6) is 0.801. The second-order valence-corrected chi connectivity index (χ2v) is 5.62. The van der Waals surface area contributed by atoms with Gasteiger partial charge in [-0.1, -0.05) is 30.7 Å². The molecule has 3 rings (SSSR count). The Morgan fingerprint density at radius 1 is 1.26 bits per heavy atom. The van der Waals surface area contributed by atoms with E-state index in [1.807, 2.05) is 24.3 Å². The summed E-state index contributed by atoms with van der Waals surface area (Å²) in [6.45, 7) is 2.14. The number of fused-ring (bicyclic) bond motifs is 1. The predicted molar refractivity (Wildman–Crippen MR) is 83.6 cm³/mol. The number of hydrogen-bond donors (Lipinski definition) is 1. The number of benzene rings is 2. The number of imidazole rings is 1. The summed E-state index contributed by atoms with van der Waals surface area (Å²) in [5, 5.41) is 0.678. The molecule has 0 saturated carbocycles. The normalized spacial score (nSPS) is 11.1. The lowest BCUT2D eigenvalue weighted by Crippen LogP contribution is -1.82. The van der Waals surface area contributed by atoms with E-state index < -0.39 is 0 Å². The summed E-state index contributed by atoms with van der Waals surface area (Å²) in [5.41, 5.74) is 4.21. The summed E-state index contributed by atoms with van der Waals surface area (Å²) < 4.78 is 0.876. The van der Waals surface area contributed by atoms with E-state index in [2.05, 4.69) is 45.0 Å². The largest absolute Gasteiger partial charge is 0.338 e. The van der Waals surface area contributed by atoms with Crippen LogP contribution in [0.5, 0.6) is 0 Å². The third kappa shape index (κ3) is 2.28. The van der Waals surface area contributed by atoms with E-state index in [-0.39, 0.29) is 0 Å². The lowest BCUT2D eigenvalue weighted by molar-refractivity contribution is 1.14. The molecule has 1 aromatic heterocycles. The van der Waals surface area contributed by atoms with E-state index in [1.165, 1.54) is 5.56 Å². The van der Waals surface area contributed by atoms with Crippen LogP contribution in [0, 0.1) is 0 Å². The fraction of sp³-hybridized carbons (Fsp3) is 0.133. The van der Waals surface area contributed by atoms with Crippen LogP contribution in [0.1, 0.15) is 12.5 Å². The van der Waals surface area contributed by atoms with Crippen LogP contribution in [-0.4, -0.2) is 9.97 Å². The second kappa shape index (κ2) is 4.99. The fourth-order valence-electron chi connectivity index (χ4n) is 2.09. The first-order valence-electron chi connectivity index (χ1n) is 6.12. The van der Waals surface area contributed by atoms with Gasteiger partial charge in [-0.2, -0.15) is 0 Å². The Morgan fingerprint density at radius 2 is 2.11 bits per heavy atom. The van der Waals surface area contributed by atoms with Gasteiger partial charge in [0, 0.05) is 10.0 Å². The van der Waals surface area contributed by atoms with Crippen molar-refractivity contribution in [1.82, 2.24) is 9.97 Å². The zero-order chi connectivity index (χ0) is 13.4. The first-order chi connectivity index (χ1) is 9.19. The number of nitrogens with zero attached hydrogens (tertiary/aromatic N) is 1. The highest BCUT2D eigenvalue weighted by Gasteiger charge is 2.10. The number of hydrogen-bond acceptors (Lipinski definition) is 1. The Labute approximate surface area is 124 Å². The minimum Gasteiger partial charge on any atom is -0.338 e. The molecule has 0 unspecified atom stereocenters. The maximum Gasteiger partial charge on any atom is 0.140 e. The first-order valence-corrected chi connectivity index (χ1v) is 7.29. The Kier molecular flexibility index (Phi) is 3.33. The number of halogens is 2. The summed E-state index contributed by atoms with van der Waals surface area (Å²) in [6, 6.07) is 12.1. The van der Waals surface area contributed by atoms with E-state index >= 15 is 0 Å². The van der Waals surface area contributed by atoms with Crippen molar-refractivity contribution in [3.05, 3.63) is 51.5 Å². The van der Waals surface area contributed by atoms with Gasteiger partial charge in [-0.05, 0) is 52.2 Å². The number of rotatable bonds is 2. The van der Waals surface area contributed by atoms with Gasteiger partial charge >= 0.3 is 0 Å². The van der Waals surface area contributed by atoms with Gasteiger partial charge in [-0.25, -0.2) is 4.98 Å². The van der Waals surface area contributed by atoms with Crippen LogP contribution in [0.2, 0.25) is 5.02 Å². The van der Waals surface area contributed by atoms with Crippen molar-refractivity contribution in [1.29, 1.82) is 0 Å². The van der Waals surface area contributed by atoms with Crippen molar-refractivity contribution in [2.24, 2.45) is 0 Å².